The van der Waals surface area contributed by atoms with Crippen molar-refractivity contribution in [2.45, 2.75) is 17.5 Å². The van der Waals surface area contributed by atoms with Gasteiger partial charge in [0.05, 0.1) is 0 Å². The number of halogens is 3. The first-order chi connectivity index (χ1) is 7.68. The molecule has 0 nitrogen and oxygen atoms in total. The minimum absolute atomic E-state index is 0. The molecule has 0 bridgehead atoms. The van der Waals surface area contributed by atoms with Crippen molar-refractivity contribution in [1.82, 2.24) is 0 Å². The fourth-order valence-electron chi connectivity index (χ4n) is 2.74. The monoisotopic (exact) mass is 478 g/mol. The summed E-state index contributed by atoms with van der Waals surface area (Å²) in [6.45, 7) is 4.44. The van der Waals surface area contributed by atoms with Gasteiger partial charge in [-0.15, -0.1) is 0 Å². The second kappa shape index (κ2) is 7.26. The molecule has 4 heteroatoms. The summed E-state index contributed by atoms with van der Waals surface area (Å²) >= 11 is 1.20. The van der Waals surface area contributed by atoms with Gasteiger partial charge >= 0.3 is 112 Å². The molecule has 0 spiro atoms. The minimum atomic E-state index is 0. The Balaban J connectivity index is 0.00000108. The SMILES string of the molecule is Cc1cc(C)c2c(c1)[CH]([Hf+3])c1ccccc1-2.[Cl-].[Cl-].[Cl-]. The molecule has 0 amide bonds. The van der Waals surface area contributed by atoms with Crippen molar-refractivity contribution >= 4 is 0 Å². The molecule has 19 heavy (non-hydrogen) atoms. The number of rotatable bonds is 0. The molecule has 0 saturated carbocycles. The van der Waals surface area contributed by atoms with Crippen LogP contribution in [0.1, 0.15) is 25.9 Å². The Morgan fingerprint density at radius 3 is 2.21 bits per heavy atom. The Morgan fingerprint density at radius 1 is 0.895 bits per heavy atom. The molecule has 98 valence electrons. The fraction of sp³-hybridized carbons (Fsp3) is 0.200. The van der Waals surface area contributed by atoms with Gasteiger partial charge in [-0.1, -0.05) is 0 Å². The van der Waals surface area contributed by atoms with Crippen LogP contribution in [0.5, 0.6) is 0 Å². The quantitative estimate of drug-likeness (QED) is 0.333. The van der Waals surface area contributed by atoms with E-state index in [0.717, 1.165) is 0 Å². The van der Waals surface area contributed by atoms with Crippen LogP contribution in [-0.2, 0) is 24.4 Å². The van der Waals surface area contributed by atoms with Crippen LogP contribution in [0.3, 0.4) is 0 Å². The first-order valence-corrected chi connectivity index (χ1v) is 7.67. The van der Waals surface area contributed by atoms with E-state index < -0.39 is 0 Å². The summed E-state index contributed by atoms with van der Waals surface area (Å²) in [5.74, 6) is 0. The summed E-state index contributed by atoms with van der Waals surface area (Å²) in [6, 6.07) is 13.6. The molecule has 1 atom stereocenters. The largest absolute Gasteiger partial charge is 1.00 e. The van der Waals surface area contributed by atoms with Crippen molar-refractivity contribution < 1.29 is 61.6 Å². The van der Waals surface area contributed by atoms with Crippen molar-refractivity contribution in [1.29, 1.82) is 0 Å². The van der Waals surface area contributed by atoms with Gasteiger partial charge in [0.15, 0.2) is 0 Å². The number of benzene rings is 2. The van der Waals surface area contributed by atoms with Crippen molar-refractivity contribution in [2.24, 2.45) is 0 Å². The zero-order valence-electron chi connectivity index (χ0n) is 10.7. The van der Waals surface area contributed by atoms with E-state index in [1.165, 1.54) is 52.2 Å². The van der Waals surface area contributed by atoms with E-state index in [9.17, 15) is 0 Å². The summed E-state index contributed by atoms with van der Waals surface area (Å²) in [7, 11) is 0. The normalized spacial score (nSPS) is 14.4. The summed E-state index contributed by atoms with van der Waals surface area (Å²) in [5.41, 5.74) is 8.89. The first kappa shape index (κ1) is 19.2. The Bertz CT molecular complexity index is 582. The van der Waals surface area contributed by atoms with E-state index in [-0.39, 0.29) is 37.2 Å². The number of hydrogen-bond acceptors (Lipinski definition) is 0. The van der Waals surface area contributed by atoms with E-state index in [4.69, 9.17) is 0 Å². The van der Waals surface area contributed by atoms with Gasteiger partial charge in [-0.3, -0.25) is 0 Å². The maximum absolute atomic E-state index is 2.38. The fourth-order valence-corrected chi connectivity index (χ4v) is 4.46. The summed E-state index contributed by atoms with van der Waals surface area (Å²) in [5, 5.41) is 0. The van der Waals surface area contributed by atoms with Gasteiger partial charge in [0, 0.05) is 0 Å². The maximum Gasteiger partial charge on any atom is -1.00 e. The van der Waals surface area contributed by atoms with Crippen LogP contribution in [0.15, 0.2) is 36.4 Å². The van der Waals surface area contributed by atoms with Gasteiger partial charge < -0.3 is 37.2 Å². The molecule has 0 fully saturated rings. The van der Waals surface area contributed by atoms with E-state index >= 15 is 0 Å². The van der Waals surface area contributed by atoms with Crippen LogP contribution in [-0.4, -0.2) is 0 Å². The molecule has 0 aromatic heterocycles. The van der Waals surface area contributed by atoms with Crippen LogP contribution in [0, 0.1) is 13.8 Å². The molecule has 1 unspecified atom stereocenters. The van der Waals surface area contributed by atoms with E-state index in [2.05, 4.69) is 50.2 Å². The van der Waals surface area contributed by atoms with Gasteiger partial charge in [0.1, 0.15) is 0 Å². The molecule has 0 saturated heterocycles. The molecule has 0 aliphatic heterocycles. The van der Waals surface area contributed by atoms with Crippen LogP contribution >= 0.6 is 0 Å². The molecule has 0 heterocycles. The maximum atomic E-state index is 2.38. The predicted molar refractivity (Wildman–Crippen MR) is 63.2 cm³/mol. The Morgan fingerprint density at radius 2 is 1.53 bits per heavy atom. The zero-order valence-corrected chi connectivity index (χ0v) is 16.5. The van der Waals surface area contributed by atoms with Crippen LogP contribution in [0.2, 0.25) is 0 Å². The van der Waals surface area contributed by atoms with Crippen molar-refractivity contribution in [2.75, 3.05) is 0 Å². The van der Waals surface area contributed by atoms with Gasteiger partial charge in [0.2, 0.25) is 0 Å². The van der Waals surface area contributed by atoms with E-state index in [1.807, 2.05) is 0 Å². The van der Waals surface area contributed by atoms with E-state index in [0.29, 0.717) is 3.67 Å². The average molecular weight is 478 g/mol. The third-order valence-electron chi connectivity index (χ3n) is 3.36. The Hall–Kier alpha value is 0.180. The number of hydrogen-bond donors (Lipinski definition) is 0. The third kappa shape index (κ3) is 3.10. The standard InChI is InChI=1S/C15H13.3ClH.Hf/c1-10-7-11(2)15-13(8-10)9-12-5-3-4-6-14(12)15;;;;/h3-9H,1-2H3;3*1H;/q;;;;+3/p-3. The molecular weight excluding hydrogens is 465 g/mol. The summed E-state index contributed by atoms with van der Waals surface area (Å²) in [4.78, 5) is 0. The van der Waals surface area contributed by atoms with Crippen molar-refractivity contribution in [3.63, 3.8) is 0 Å². The molecule has 0 N–H and O–H groups in total. The van der Waals surface area contributed by atoms with Crippen molar-refractivity contribution in [3.05, 3.63) is 58.7 Å². The van der Waals surface area contributed by atoms with Gasteiger partial charge in [0.25, 0.3) is 0 Å². The molecule has 2 aromatic rings. The molecular formula is C15H13Cl3Hf. The topological polar surface area (TPSA) is 0 Å². The minimum Gasteiger partial charge on any atom is -1.00 e. The van der Waals surface area contributed by atoms with E-state index in [1.54, 1.807) is 5.56 Å². The van der Waals surface area contributed by atoms with Gasteiger partial charge in [-0.2, -0.15) is 0 Å². The molecule has 3 rings (SSSR count). The predicted octanol–water partition coefficient (Wildman–Crippen LogP) is -5.07. The van der Waals surface area contributed by atoms with Crippen molar-refractivity contribution in [3.8, 4) is 11.1 Å². The molecule has 1 aliphatic carbocycles. The number of aryl methyl sites for hydroxylation is 2. The zero-order chi connectivity index (χ0) is 11.3. The van der Waals surface area contributed by atoms with Gasteiger partial charge in [-0.05, 0) is 0 Å². The van der Waals surface area contributed by atoms with Crippen LogP contribution in [0.25, 0.3) is 11.1 Å². The molecule has 2 aromatic carbocycles. The molecule has 1 aliphatic rings. The average Bonchev–Trinajstić information content (AvgIpc) is 2.54. The smallest absolute Gasteiger partial charge is 1.00 e. The Kier molecular flexibility index (Phi) is 7.33. The second-order valence-corrected chi connectivity index (χ2v) is 6.64. The third-order valence-corrected chi connectivity index (χ3v) is 5.60. The van der Waals surface area contributed by atoms with Gasteiger partial charge in [-0.25, -0.2) is 0 Å². The summed E-state index contributed by atoms with van der Waals surface area (Å²) < 4.78 is 0.685. The second-order valence-electron chi connectivity index (χ2n) is 4.57. The summed E-state index contributed by atoms with van der Waals surface area (Å²) in [6.07, 6.45) is 0. The Labute approximate surface area is 148 Å². The number of fused-ring (bicyclic) bond motifs is 3. The van der Waals surface area contributed by atoms with Crippen LogP contribution < -0.4 is 37.2 Å². The van der Waals surface area contributed by atoms with Crippen LogP contribution in [0.4, 0.5) is 0 Å². The first-order valence-electron chi connectivity index (χ1n) is 5.60. The molecule has 0 radical (unpaired) electrons.